The number of fused-ring (bicyclic) bond motifs is 5. The predicted molar refractivity (Wildman–Crippen MR) is 93.7 cm³/mol. The zero-order valence-electron chi connectivity index (χ0n) is 15.5. The van der Waals surface area contributed by atoms with Crippen LogP contribution in [-0.2, 0) is 9.59 Å². The van der Waals surface area contributed by atoms with E-state index < -0.39 is 12.2 Å². The average molecular weight is 346 g/mol. The van der Waals surface area contributed by atoms with Crippen molar-refractivity contribution in [1.82, 2.24) is 0 Å². The third-order valence-electron chi connectivity index (χ3n) is 8.42. The molecular weight excluding hydrogens is 316 g/mol. The topological polar surface area (TPSA) is 74.6 Å². The first-order valence-corrected chi connectivity index (χ1v) is 9.80. The Morgan fingerprint density at radius 3 is 2.40 bits per heavy atom. The molecule has 4 aliphatic carbocycles. The Labute approximate surface area is 149 Å². The van der Waals surface area contributed by atoms with E-state index in [-0.39, 0.29) is 34.2 Å². The van der Waals surface area contributed by atoms with Gasteiger partial charge in [-0.05, 0) is 74.2 Å². The van der Waals surface area contributed by atoms with Gasteiger partial charge in [-0.1, -0.05) is 19.4 Å². The van der Waals surface area contributed by atoms with Gasteiger partial charge in [0.05, 0.1) is 12.2 Å². The summed E-state index contributed by atoms with van der Waals surface area (Å²) in [4.78, 5) is 25.1. The number of Topliss-reactive ketones (excluding diaryl/α,β-unsaturated/α-hetero) is 1. The molecule has 4 nitrogen and oxygen atoms in total. The van der Waals surface area contributed by atoms with Gasteiger partial charge in [0, 0.05) is 11.8 Å². The van der Waals surface area contributed by atoms with Crippen molar-refractivity contribution in [2.24, 2.45) is 34.5 Å². The highest BCUT2D eigenvalue weighted by atomic mass is 16.3. The molecule has 0 amide bonds. The van der Waals surface area contributed by atoms with E-state index in [0.29, 0.717) is 24.7 Å². The van der Waals surface area contributed by atoms with Crippen molar-refractivity contribution in [2.45, 2.75) is 71.5 Å². The van der Waals surface area contributed by atoms with Crippen LogP contribution >= 0.6 is 0 Å². The summed E-state index contributed by atoms with van der Waals surface area (Å²) in [5.41, 5.74) is 0.949. The minimum atomic E-state index is -0.792. The summed E-state index contributed by atoms with van der Waals surface area (Å²) in [5.74, 6) is 0.932. The first-order valence-electron chi connectivity index (χ1n) is 9.80. The van der Waals surface area contributed by atoms with E-state index in [1.54, 1.807) is 6.92 Å². The van der Waals surface area contributed by atoms with Gasteiger partial charge in [0.2, 0.25) is 0 Å². The van der Waals surface area contributed by atoms with Crippen LogP contribution in [0.15, 0.2) is 11.6 Å². The van der Waals surface area contributed by atoms with Gasteiger partial charge in [0.15, 0.2) is 5.78 Å². The predicted octanol–water partition coefficient (Wildman–Crippen LogP) is 2.67. The summed E-state index contributed by atoms with van der Waals surface area (Å²) in [6, 6.07) is 0. The molecule has 8 atom stereocenters. The molecule has 2 N–H and O–H groups in total. The highest BCUT2D eigenvalue weighted by Gasteiger charge is 2.60. The van der Waals surface area contributed by atoms with E-state index in [1.165, 1.54) is 5.57 Å². The van der Waals surface area contributed by atoms with Crippen molar-refractivity contribution in [3.05, 3.63) is 11.6 Å². The van der Waals surface area contributed by atoms with Gasteiger partial charge in [-0.3, -0.25) is 9.59 Å². The molecule has 2 unspecified atom stereocenters. The monoisotopic (exact) mass is 346 g/mol. The zero-order valence-corrected chi connectivity index (χ0v) is 15.5. The fourth-order valence-corrected chi connectivity index (χ4v) is 7.06. The molecule has 0 radical (unpaired) electrons. The van der Waals surface area contributed by atoms with E-state index in [1.807, 2.05) is 6.08 Å². The molecular formula is C21H30O4. The van der Waals surface area contributed by atoms with Gasteiger partial charge in [0.25, 0.3) is 0 Å². The molecule has 4 rings (SSSR count). The molecule has 25 heavy (non-hydrogen) atoms. The largest absolute Gasteiger partial charge is 0.390 e. The maximum absolute atomic E-state index is 12.9. The number of carbonyl (C=O) groups is 2. The maximum Gasteiger partial charge on any atom is 0.159 e. The van der Waals surface area contributed by atoms with Gasteiger partial charge in [-0.15, -0.1) is 0 Å². The molecule has 0 heterocycles. The molecule has 138 valence electrons. The van der Waals surface area contributed by atoms with Crippen molar-refractivity contribution in [2.75, 3.05) is 0 Å². The maximum atomic E-state index is 12.9. The first kappa shape index (κ1) is 17.4. The van der Waals surface area contributed by atoms with E-state index in [2.05, 4.69) is 13.8 Å². The molecule has 0 aromatic rings. The van der Waals surface area contributed by atoms with Crippen molar-refractivity contribution in [1.29, 1.82) is 0 Å². The minimum absolute atomic E-state index is 0.0234. The van der Waals surface area contributed by atoms with Crippen LogP contribution in [0.1, 0.15) is 59.3 Å². The second-order valence-corrected chi connectivity index (χ2v) is 9.57. The zero-order chi connectivity index (χ0) is 18.1. The second-order valence-electron chi connectivity index (χ2n) is 9.57. The molecule has 3 fully saturated rings. The Morgan fingerprint density at radius 1 is 1.04 bits per heavy atom. The highest BCUT2D eigenvalue weighted by molar-refractivity contribution is 5.94. The number of aliphatic hydroxyl groups excluding tert-OH is 2. The number of hydrogen-bond donors (Lipinski definition) is 2. The first-order chi connectivity index (χ1) is 11.7. The normalized spacial score (nSPS) is 52.0. The third-order valence-corrected chi connectivity index (χ3v) is 8.42. The molecule has 4 aliphatic rings. The van der Waals surface area contributed by atoms with E-state index in [9.17, 15) is 19.8 Å². The van der Waals surface area contributed by atoms with E-state index in [4.69, 9.17) is 0 Å². The molecule has 0 bridgehead atoms. The molecule has 0 spiro atoms. The third kappa shape index (κ3) is 2.26. The fourth-order valence-electron chi connectivity index (χ4n) is 7.06. The Balaban J connectivity index is 1.74. The Bertz CT molecular complexity index is 652. The number of ketones is 2. The van der Waals surface area contributed by atoms with Gasteiger partial charge >= 0.3 is 0 Å². The summed E-state index contributed by atoms with van der Waals surface area (Å²) in [6.45, 7) is 6.09. The molecule has 0 aliphatic heterocycles. The number of hydrogen-bond acceptors (Lipinski definition) is 4. The summed E-state index contributed by atoms with van der Waals surface area (Å²) in [6.07, 6.45) is 5.10. The molecule has 0 aromatic carbocycles. The van der Waals surface area contributed by atoms with Gasteiger partial charge < -0.3 is 10.2 Å². The summed E-state index contributed by atoms with van der Waals surface area (Å²) in [7, 11) is 0. The van der Waals surface area contributed by atoms with Gasteiger partial charge in [-0.2, -0.15) is 0 Å². The van der Waals surface area contributed by atoms with Crippen molar-refractivity contribution >= 4 is 11.6 Å². The van der Waals surface area contributed by atoms with Gasteiger partial charge in [-0.25, -0.2) is 0 Å². The highest BCUT2D eigenvalue weighted by Crippen LogP contribution is 2.65. The SMILES string of the molecule is CC(=O)[C@H]1CCC2C3=CC(=O)[C@@H]4C[C@@H](O)[C@@H](O)C[C@]4(C)C3CC[C@@]21C. The van der Waals surface area contributed by atoms with E-state index >= 15 is 0 Å². The summed E-state index contributed by atoms with van der Waals surface area (Å²) >= 11 is 0. The lowest BCUT2D eigenvalue weighted by Crippen LogP contribution is -2.55. The smallest absolute Gasteiger partial charge is 0.159 e. The average Bonchev–Trinajstić information content (AvgIpc) is 2.88. The molecule has 3 saturated carbocycles. The molecule has 0 aromatic heterocycles. The fraction of sp³-hybridized carbons (Fsp3) is 0.810. The van der Waals surface area contributed by atoms with Crippen LogP contribution in [0.5, 0.6) is 0 Å². The van der Waals surface area contributed by atoms with Crippen LogP contribution in [0.3, 0.4) is 0 Å². The summed E-state index contributed by atoms with van der Waals surface area (Å²) in [5, 5.41) is 20.4. The number of allylic oxidation sites excluding steroid dienone is 2. The lowest BCUT2D eigenvalue weighted by molar-refractivity contribution is -0.143. The second kappa shape index (κ2) is 5.50. The van der Waals surface area contributed by atoms with E-state index in [0.717, 1.165) is 25.7 Å². The Morgan fingerprint density at radius 2 is 1.72 bits per heavy atom. The lowest BCUT2D eigenvalue weighted by atomic mass is 9.47. The van der Waals surface area contributed by atoms with Crippen LogP contribution in [0.25, 0.3) is 0 Å². The lowest BCUT2D eigenvalue weighted by Gasteiger charge is -2.57. The van der Waals surface area contributed by atoms with Crippen LogP contribution < -0.4 is 0 Å². The van der Waals surface area contributed by atoms with Crippen molar-refractivity contribution in [3.63, 3.8) is 0 Å². The number of rotatable bonds is 1. The Hall–Kier alpha value is -1.00. The molecule has 0 saturated heterocycles. The minimum Gasteiger partial charge on any atom is -0.390 e. The van der Waals surface area contributed by atoms with Crippen LogP contribution in [0.4, 0.5) is 0 Å². The van der Waals surface area contributed by atoms with Crippen LogP contribution in [-0.4, -0.2) is 34.0 Å². The van der Waals surface area contributed by atoms with Gasteiger partial charge in [0.1, 0.15) is 5.78 Å². The number of aliphatic hydroxyl groups is 2. The van der Waals surface area contributed by atoms with Crippen LogP contribution in [0, 0.1) is 34.5 Å². The standard InChI is InChI=1S/C21H30O4/c1-11(22)13-4-5-14-12-8-17(23)16-9-18(24)19(25)10-21(16,3)15(12)6-7-20(13,14)2/h8,13-16,18-19,24-25H,4-7,9-10H2,1-3H3/t13-,14?,15?,16+,18-,19+,20-,21-/m1/s1. The quantitative estimate of drug-likeness (QED) is 0.765. The number of carbonyl (C=O) groups excluding carboxylic acids is 2. The van der Waals surface area contributed by atoms with Crippen molar-refractivity contribution in [3.8, 4) is 0 Å². The molecule has 4 heteroatoms. The van der Waals surface area contributed by atoms with Crippen molar-refractivity contribution < 1.29 is 19.8 Å². The Kier molecular flexibility index (Phi) is 3.83. The summed E-state index contributed by atoms with van der Waals surface area (Å²) < 4.78 is 0. The van der Waals surface area contributed by atoms with Crippen LogP contribution in [0.2, 0.25) is 0 Å².